The number of aromatic nitrogens is 4. The molecule has 4 nitrogen and oxygen atoms in total. The van der Waals surface area contributed by atoms with Crippen LogP contribution in [0.3, 0.4) is 0 Å². The van der Waals surface area contributed by atoms with Gasteiger partial charge in [-0.1, -0.05) is 133 Å². The first-order chi connectivity index (χ1) is 24.3. The molecule has 0 spiro atoms. The van der Waals surface area contributed by atoms with Crippen LogP contribution < -0.4 is 0 Å². The SMILES string of the molecule is c1ccc(-c2nccnc2-c2cccc(-c3cccc(-c4cccc(-c5nc(-c6ccccc6)c6c(n5)sc5ccccc56)c4)c3)c2)cc1. The van der Waals surface area contributed by atoms with E-state index in [2.05, 4.69) is 133 Å². The van der Waals surface area contributed by atoms with E-state index >= 15 is 0 Å². The van der Waals surface area contributed by atoms with Crippen LogP contribution in [0.5, 0.6) is 0 Å². The first-order valence-corrected chi connectivity index (χ1v) is 17.0. The Morgan fingerprint density at radius 2 is 0.837 bits per heavy atom. The lowest BCUT2D eigenvalue weighted by Crippen LogP contribution is -1.94. The normalized spacial score (nSPS) is 11.3. The van der Waals surface area contributed by atoms with Crippen LogP contribution in [-0.4, -0.2) is 19.9 Å². The van der Waals surface area contributed by atoms with E-state index in [1.807, 2.05) is 24.3 Å². The second-order valence-electron chi connectivity index (χ2n) is 11.9. The minimum absolute atomic E-state index is 0.724. The van der Waals surface area contributed by atoms with Crippen LogP contribution in [0.15, 0.2) is 170 Å². The maximum Gasteiger partial charge on any atom is 0.161 e. The summed E-state index contributed by atoms with van der Waals surface area (Å²) in [4.78, 5) is 20.8. The quantitative estimate of drug-likeness (QED) is 0.181. The van der Waals surface area contributed by atoms with Crippen molar-refractivity contribution in [2.24, 2.45) is 0 Å². The summed E-state index contributed by atoms with van der Waals surface area (Å²) < 4.78 is 1.21. The fraction of sp³-hybridized carbons (Fsp3) is 0. The molecule has 9 aromatic rings. The highest BCUT2D eigenvalue weighted by Crippen LogP contribution is 2.40. The van der Waals surface area contributed by atoms with Crippen molar-refractivity contribution in [2.75, 3.05) is 0 Å². The van der Waals surface area contributed by atoms with Crippen LogP contribution in [-0.2, 0) is 0 Å². The van der Waals surface area contributed by atoms with Crippen molar-refractivity contribution >= 4 is 31.6 Å². The lowest BCUT2D eigenvalue weighted by atomic mass is 9.96. The zero-order chi connectivity index (χ0) is 32.6. The molecule has 0 aliphatic rings. The Morgan fingerprint density at radius 1 is 0.367 bits per heavy atom. The van der Waals surface area contributed by atoms with Gasteiger partial charge in [0.2, 0.25) is 0 Å². The van der Waals surface area contributed by atoms with E-state index in [1.54, 1.807) is 23.7 Å². The predicted molar refractivity (Wildman–Crippen MR) is 203 cm³/mol. The molecular formula is C44H28N4S. The first-order valence-electron chi connectivity index (χ1n) is 16.2. The summed E-state index contributed by atoms with van der Waals surface area (Å²) in [6.07, 6.45) is 3.51. The summed E-state index contributed by atoms with van der Waals surface area (Å²) in [5, 5.41) is 2.30. The van der Waals surface area contributed by atoms with E-state index < -0.39 is 0 Å². The fourth-order valence-corrected chi connectivity index (χ4v) is 7.55. The molecule has 0 aliphatic heterocycles. The third kappa shape index (κ3) is 5.46. The highest BCUT2D eigenvalue weighted by atomic mass is 32.1. The van der Waals surface area contributed by atoms with Crippen molar-refractivity contribution in [3.63, 3.8) is 0 Å². The molecule has 49 heavy (non-hydrogen) atoms. The molecule has 0 atom stereocenters. The van der Waals surface area contributed by atoms with Gasteiger partial charge in [0.15, 0.2) is 5.82 Å². The molecule has 0 N–H and O–H groups in total. The Balaban J connectivity index is 1.10. The van der Waals surface area contributed by atoms with E-state index in [0.29, 0.717) is 0 Å². The summed E-state index contributed by atoms with van der Waals surface area (Å²) in [7, 11) is 0. The summed E-state index contributed by atoms with van der Waals surface area (Å²) >= 11 is 1.72. The molecular weight excluding hydrogens is 617 g/mol. The van der Waals surface area contributed by atoms with Crippen LogP contribution in [0.25, 0.3) is 87.7 Å². The second-order valence-corrected chi connectivity index (χ2v) is 12.9. The van der Waals surface area contributed by atoms with Gasteiger partial charge >= 0.3 is 0 Å². The van der Waals surface area contributed by atoms with Crippen molar-refractivity contribution in [1.29, 1.82) is 0 Å². The largest absolute Gasteiger partial charge is 0.252 e. The van der Waals surface area contributed by atoms with E-state index in [4.69, 9.17) is 19.9 Å². The Labute approximate surface area is 288 Å². The highest BCUT2D eigenvalue weighted by molar-refractivity contribution is 7.25. The molecule has 0 aliphatic carbocycles. The predicted octanol–water partition coefficient (Wildman–Crippen LogP) is 11.6. The first kappa shape index (κ1) is 28.9. The number of hydrogen-bond donors (Lipinski definition) is 0. The van der Waals surface area contributed by atoms with Crippen molar-refractivity contribution in [2.45, 2.75) is 0 Å². The van der Waals surface area contributed by atoms with Gasteiger partial charge in [0.1, 0.15) is 4.83 Å². The summed E-state index contributed by atoms with van der Waals surface area (Å²) in [6, 6.07) is 54.9. The van der Waals surface area contributed by atoms with Gasteiger partial charge in [-0.3, -0.25) is 9.97 Å². The number of nitrogens with zero attached hydrogens (tertiary/aromatic N) is 4. The molecule has 0 bridgehead atoms. The molecule has 0 fully saturated rings. The maximum atomic E-state index is 5.22. The molecule has 0 saturated heterocycles. The van der Waals surface area contributed by atoms with E-state index in [1.165, 1.54) is 10.1 Å². The van der Waals surface area contributed by atoms with Gasteiger partial charge in [0.05, 0.1) is 17.1 Å². The summed E-state index contributed by atoms with van der Waals surface area (Å²) in [6.45, 7) is 0. The number of benzene rings is 6. The Kier molecular flexibility index (Phi) is 7.30. The van der Waals surface area contributed by atoms with Crippen molar-refractivity contribution in [3.8, 4) is 67.4 Å². The smallest absolute Gasteiger partial charge is 0.161 e. The third-order valence-corrected chi connectivity index (χ3v) is 9.88. The van der Waals surface area contributed by atoms with Crippen LogP contribution >= 0.6 is 11.3 Å². The average molecular weight is 645 g/mol. The molecule has 0 radical (unpaired) electrons. The standard InChI is InChI=1S/C44H28N4S/c1-3-12-29(13-4-1)40-39-37-22-7-8-23-38(37)49-44(39)48-43(47-40)36-21-11-19-34(28-36)32-17-9-16-31(26-32)33-18-10-20-35(27-33)42-41(45-24-25-46-42)30-14-5-2-6-15-30/h1-28H. The molecule has 0 amide bonds. The van der Waals surface area contributed by atoms with Gasteiger partial charge in [0.25, 0.3) is 0 Å². The minimum Gasteiger partial charge on any atom is -0.252 e. The number of rotatable bonds is 6. The second kappa shape index (κ2) is 12.4. The van der Waals surface area contributed by atoms with Gasteiger partial charge < -0.3 is 0 Å². The molecule has 3 aromatic heterocycles. The minimum atomic E-state index is 0.724. The monoisotopic (exact) mass is 644 g/mol. The Hall–Kier alpha value is -6.30. The Bertz CT molecular complexity index is 2610. The molecule has 3 heterocycles. The molecule has 230 valence electrons. The average Bonchev–Trinajstić information content (AvgIpc) is 3.57. The molecule has 9 rings (SSSR count). The maximum absolute atomic E-state index is 5.22. The molecule has 6 aromatic carbocycles. The molecule has 0 saturated carbocycles. The van der Waals surface area contributed by atoms with Gasteiger partial charge in [-0.2, -0.15) is 0 Å². The van der Waals surface area contributed by atoms with Crippen LogP contribution in [0, 0.1) is 0 Å². The van der Waals surface area contributed by atoms with Crippen LogP contribution in [0.2, 0.25) is 0 Å². The number of thiophene rings is 1. The van der Waals surface area contributed by atoms with Crippen molar-refractivity contribution in [1.82, 2.24) is 19.9 Å². The number of hydrogen-bond acceptors (Lipinski definition) is 5. The zero-order valence-corrected chi connectivity index (χ0v) is 27.2. The van der Waals surface area contributed by atoms with Gasteiger partial charge in [0, 0.05) is 50.1 Å². The van der Waals surface area contributed by atoms with E-state index in [0.717, 1.165) is 77.6 Å². The molecule has 5 heteroatoms. The van der Waals surface area contributed by atoms with Crippen molar-refractivity contribution in [3.05, 3.63) is 170 Å². The van der Waals surface area contributed by atoms with Gasteiger partial charge in [-0.15, -0.1) is 11.3 Å². The van der Waals surface area contributed by atoms with E-state index in [-0.39, 0.29) is 0 Å². The van der Waals surface area contributed by atoms with Gasteiger partial charge in [-0.25, -0.2) is 9.97 Å². The third-order valence-electron chi connectivity index (χ3n) is 8.82. The lowest BCUT2D eigenvalue weighted by molar-refractivity contribution is 1.21. The number of fused-ring (bicyclic) bond motifs is 3. The van der Waals surface area contributed by atoms with Crippen molar-refractivity contribution < 1.29 is 0 Å². The van der Waals surface area contributed by atoms with E-state index in [9.17, 15) is 0 Å². The van der Waals surface area contributed by atoms with Crippen LogP contribution in [0.1, 0.15) is 0 Å². The lowest BCUT2D eigenvalue weighted by Gasteiger charge is -2.11. The fourth-order valence-electron chi connectivity index (χ4n) is 6.48. The highest BCUT2D eigenvalue weighted by Gasteiger charge is 2.17. The Morgan fingerprint density at radius 3 is 1.49 bits per heavy atom. The van der Waals surface area contributed by atoms with Gasteiger partial charge in [-0.05, 0) is 46.5 Å². The summed E-state index contributed by atoms with van der Waals surface area (Å²) in [5.74, 6) is 0.724. The molecule has 0 unspecified atom stereocenters. The topological polar surface area (TPSA) is 51.6 Å². The zero-order valence-electron chi connectivity index (χ0n) is 26.4. The summed E-state index contributed by atoms with van der Waals surface area (Å²) in [5.41, 5.74) is 11.3. The van der Waals surface area contributed by atoms with Crippen LogP contribution in [0.4, 0.5) is 0 Å².